The minimum absolute atomic E-state index is 0.356. The molecule has 74 valence electrons. The fourth-order valence-corrected chi connectivity index (χ4v) is 1.43. The molecule has 0 saturated carbocycles. The highest BCUT2D eigenvalue weighted by Crippen LogP contribution is 2.21. The minimum Gasteiger partial charge on any atom is -0.381 e. The second-order valence-electron chi connectivity index (χ2n) is 3.06. The molecular weight excluding hydrogens is 194 g/mol. The lowest BCUT2D eigenvalue weighted by atomic mass is 10.3. The van der Waals surface area contributed by atoms with Gasteiger partial charge in [-0.25, -0.2) is 4.98 Å². The number of nitrogens with two attached hydrogens (primary N) is 1. The first-order valence-corrected chi connectivity index (χ1v) is 4.34. The van der Waals surface area contributed by atoms with Crippen molar-refractivity contribution in [3.05, 3.63) is 30.9 Å². The van der Waals surface area contributed by atoms with Crippen molar-refractivity contribution in [2.45, 2.75) is 0 Å². The van der Waals surface area contributed by atoms with Crippen LogP contribution in [0.5, 0.6) is 0 Å². The number of fused-ring (bicyclic) bond motifs is 1. The lowest BCUT2D eigenvalue weighted by Crippen LogP contribution is -1.87. The van der Waals surface area contributed by atoms with Crippen molar-refractivity contribution in [3.8, 4) is 11.5 Å². The summed E-state index contributed by atoms with van der Waals surface area (Å²) in [6, 6.07) is 1.66. The van der Waals surface area contributed by atoms with Crippen LogP contribution in [-0.2, 0) is 0 Å². The van der Waals surface area contributed by atoms with Crippen LogP contribution in [-0.4, -0.2) is 19.5 Å². The summed E-state index contributed by atoms with van der Waals surface area (Å²) in [6.07, 6.45) is 6.84. The minimum atomic E-state index is 0.356. The molecule has 3 aromatic rings. The summed E-state index contributed by atoms with van der Waals surface area (Å²) in [5, 5.41) is 3.63. The number of aromatic nitrogens is 4. The maximum Gasteiger partial charge on any atom is 0.187 e. The number of hydrogen-bond acceptors (Lipinski definition) is 5. The third kappa shape index (κ3) is 1.15. The maximum absolute atomic E-state index is 5.48. The first kappa shape index (κ1) is 7.98. The van der Waals surface area contributed by atoms with E-state index in [4.69, 9.17) is 10.3 Å². The molecule has 0 unspecified atom stereocenters. The van der Waals surface area contributed by atoms with E-state index >= 15 is 0 Å². The smallest absolute Gasteiger partial charge is 0.187 e. The highest BCUT2D eigenvalue weighted by atomic mass is 16.5. The molecule has 0 aliphatic heterocycles. The lowest BCUT2D eigenvalue weighted by molar-refractivity contribution is 0.434. The van der Waals surface area contributed by atoms with Gasteiger partial charge in [-0.2, -0.15) is 0 Å². The van der Waals surface area contributed by atoms with Gasteiger partial charge in [-0.1, -0.05) is 5.16 Å². The summed E-state index contributed by atoms with van der Waals surface area (Å²) < 4.78 is 6.91. The number of imidazole rings is 1. The molecule has 3 heterocycles. The van der Waals surface area contributed by atoms with Crippen molar-refractivity contribution in [1.82, 2.24) is 19.5 Å². The molecule has 0 saturated heterocycles. The molecule has 0 fully saturated rings. The fourth-order valence-electron chi connectivity index (χ4n) is 1.43. The van der Waals surface area contributed by atoms with Crippen LogP contribution in [0.25, 0.3) is 17.1 Å². The Morgan fingerprint density at radius 1 is 1.33 bits per heavy atom. The highest BCUT2D eigenvalue weighted by Gasteiger charge is 2.09. The van der Waals surface area contributed by atoms with Crippen LogP contribution < -0.4 is 5.73 Å². The normalized spacial score (nSPS) is 10.9. The number of nitrogen functional groups attached to an aromatic ring is 1. The van der Waals surface area contributed by atoms with E-state index in [0.717, 1.165) is 11.3 Å². The molecule has 6 heteroatoms. The summed E-state index contributed by atoms with van der Waals surface area (Å²) in [6.45, 7) is 0. The Hall–Kier alpha value is -2.37. The molecule has 0 aliphatic rings. The molecule has 0 aromatic carbocycles. The van der Waals surface area contributed by atoms with Crippen LogP contribution in [0, 0.1) is 0 Å². The topological polar surface area (TPSA) is 82.2 Å². The molecule has 2 N–H and O–H groups in total. The maximum atomic E-state index is 5.48. The average molecular weight is 201 g/mol. The van der Waals surface area contributed by atoms with Crippen LogP contribution >= 0.6 is 0 Å². The van der Waals surface area contributed by atoms with Crippen molar-refractivity contribution in [2.24, 2.45) is 0 Å². The third-order valence-electron chi connectivity index (χ3n) is 2.10. The predicted molar refractivity (Wildman–Crippen MR) is 52.9 cm³/mol. The van der Waals surface area contributed by atoms with E-state index in [1.807, 2.05) is 4.40 Å². The molecule has 3 aromatic heterocycles. The zero-order chi connectivity index (χ0) is 10.3. The van der Waals surface area contributed by atoms with E-state index < -0.39 is 0 Å². The number of rotatable bonds is 1. The van der Waals surface area contributed by atoms with Crippen LogP contribution in [0.15, 0.2) is 35.4 Å². The second kappa shape index (κ2) is 2.81. The molecule has 0 atom stereocenters. The van der Waals surface area contributed by atoms with Gasteiger partial charge in [0.05, 0.1) is 12.4 Å². The molecule has 0 amide bonds. The predicted octanol–water partition coefficient (Wildman–Crippen LogP) is 0.966. The average Bonchev–Trinajstić information content (AvgIpc) is 2.83. The molecule has 0 aliphatic carbocycles. The van der Waals surface area contributed by atoms with Gasteiger partial charge in [0.1, 0.15) is 5.69 Å². The standard InChI is InChI=1S/C9H7N5O/c10-8-3-7(15-13-8)6-4-12-9-5-11-1-2-14(6)9/h1-5H,(H2,10,13). The van der Waals surface area contributed by atoms with E-state index in [1.165, 1.54) is 0 Å². The van der Waals surface area contributed by atoms with Crippen LogP contribution in [0.2, 0.25) is 0 Å². The van der Waals surface area contributed by atoms with Gasteiger partial charge in [-0.15, -0.1) is 0 Å². The van der Waals surface area contributed by atoms with Gasteiger partial charge in [0.25, 0.3) is 0 Å². The van der Waals surface area contributed by atoms with E-state index in [-0.39, 0.29) is 0 Å². The number of nitrogens with zero attached hydrogens (tertiary/aromatic N) is 4. The Labute approximate surface area is 84.4 Å². The first-order chi connectivity index (χ1) is 7.34. The van der Waals surface area contributed by atoms with Crippen LogP contribution in [0.4, 0.5) is 5.82 Å². The Morgan fingerprint density at radius 3 is 3.07 bits per heavy atom. The lowest BCUT2D eigenvalue weighted by Gasteiger charge is -1.94. The van der Waals surface area contributed by atoms with E-state index in [9.17, 15) is 0 Å². The van der Waals surface area contributed by atoms with Crippen LogP contribution in [0.1, 0.15) is 0 Å². The van der Waals surface area contributed by atoms with Gasteiger partial charge in [-0.3, -0.25) is 9.38 Å². The summed E-state index contributed by atoms with van der Waals surface area (Å²) >= 11 is 0. The van der Waals surface area contributed by atoms with Gasteiger partial charge in [0.15, 0.2) is 17.2 Å². The van der Waals surface area contributed by atoms with Crippen molar-refractivity contribution in [2.75, 3.05) is 5.73 Å². The molecule has 0 spiro atoms. The van der Waals surface area contributed by atoms with Gasteiger partial charge in [-0.05, 0) is 0 Å². The monoisotopic (exact) mass is 201 g/mol. The van der Waals surface area contributed by atoms with Gasteiger partial charge < -0.3 is 10.3 Å². The van der Waals surface area contributed by atoms with E-state index in [1.54, 1.807) is 30.9 Å². The Balaban J connectivity index is 2.27. The van der Waals surface area contributed by atoms with Crippen LogP contribution in [0.3, 0.4) is 0 Å². The summed E-state index contributed by atoms with van der Waals surface area (Å²) in [5.41, 5.74) is 7.04. The molecule has 3 rings (SSSR count). The van der Waals surface area contributed by atoms with E-state index in [0.29, 0.717) is 11.6 Å². The largest absolute Gasteiger partial charge is 0.381 e. The molecule has 6 nitrogen and oxygen atoms in total. The Bertz CT molecular complexity index is 612. The van der Waals surface area contributed by atoms with E-state index in [2.05, 4.69) is 15.1 Å². The zero-order valence-corrected chi connectivity index (χ0v) is 7.66. The van der Waals surface area contributed by atoms with Gasteiger partial charge in [0.2, 0.25) is 0 Å². The SMILES string of the molecule is Nc1cc(-c2cnc3cnccn23)on1. The third-order valence-corrected chi connectivity index (χ3v) is 2.10. The summed E-state index contributed by atoms with van der Waals surface area (Å²) in [4.78, 5) is 8.15. The Kier molecular flexibility index (Phi) is 1.49. The van der Waals surface area contributed by atoms with Crippen molar-refractivity contribution in [1.29, 1.82) is 0 Å². The summed E-state index contributed by atoms with van der Waals surface area (Å²) in [5.74, 6) is 0.945. The van der Waals surface area contributed by atoms with Gasteiger partial charge in [0, 0.05) is 18.5 Å². The fraction of sp³-hybridized carbons (Fsp3) is 0. The quantitative estimate of drug-likeness (QED) is 0.634. The van der Waals surface area contributed by atoms with Crippen molar-refractivity contribution in [3.63, 3.8) is 0 Å². The Morgan fingerprint density at radius 2 is 2.27 bits per heavy atom. The molecule has 15 heavy (non-hydrogen) atoms. The summed E-state index contributed by atoms with van der Waals surface area (Å²) in [7, 11) is 0. The van der Waals surface area contributed by atoms with Crippen molar-refractivity contribution < 1.29 is 4.52 Å². The number of hydrogen-bond donors (Lipinski definition) is 1. The highest BCUT2D eigenvalue weighted by molar-refractivity contribution is 5.59. The molecule has 0 bridgehead atoms. The first-order valence-electron chi connectivity index (χ1n) is 4.34. The molecule has 0 radical (unpaired) electrons. The van der Waals surface area contributed by atoms with Gasteiger partial charge >= 0.3 is 0 Å². The van der Waals surface area contributed by atoms with Crippen molar-refractivity contribution >= 4 is 11.5 Å². The second-order valence-corrected chi connectivity index (χ2v) is 3.06. The zero-order valence-electron chi connectivity index (χ0n) is 7.66. The number of anilines is 1. The molecular formula is C9H7N5O.